The second-order valence-electron chi connectivity index (χ2n) is 6.68. The van der Waals surface area contributed by atoms with Gasteiger partial charge in [0.15, 0.2) is 0 Å². The van der Waals surface area contributed by atoms with Crippen LogP contribution in [-0.4, -0.2) is 54.2 Å². The number of hydrogen-bond acceptors (Lipinski definition) is 4. The minimum Gasteiger partial charge on any atom is -0.481 e. The fourth-order valence-electron chi connectivity index (χ4n) is 3.58. The van der Waals surface area contributed by atoms with E-state index in [2.05, 4.69) is 5.32 Å². The van der Waals surface area contributed by atoms with E-state index in [1.54, 1.807) is 4.90 Å². The van der Waals surface area contributed by atoms with Crippen LogP contribution >= 0.6 is 0 Å². The van der Waals surface area contributed by atoms with Crippen molar-refractivity contribution in [1.82, 2.24) is 10.2 Å². The SMILES string of the molecule is COC(=O)C1CCN(C(=O)NC2CCC(C(=O)O)CC2)CC1C. The van der Waals surface area contributed by atoms with Crippen molar-refractivity contribution in [3.8, 4) is 0 Å². The maximum atomic E-state index is 12.4. The van der Waals surface area contributed by atoms with E-state index < -0.39 is 5.97 Å². The predicted octanol–water partition coefficient (Wildman–Crippen LogP) is 1.47. The van der Waals surface area contributed by atoms with Gasteiger partial charge in [-0.3, -0.25) is 9.59 Å². The minimum atomic E-state index is -0.742. The van der Waals surface area contributed by atoms with Gasteiger partial charge in [-0.15, -0.1) is 0 Å². The number of esters is 1. The van der Waals surface area contributed by atoms with Crippen molar-refractivity contribution < 1.29 is 24.2 Å². The molecule has 0 spiro atoms. The first kappa shape index (κ1) is 17.6. The quantitative estimate of drug-likeness (QED) is 0.766. The van der Waals surface area contributed by atoms with Crippen molar-refractivity contribution in [3.05, 3.63) is 0 Å². The highest BCUT2D eigenvalue weighted by molar-refractivity contribution is 5.76. The van der Waals surface area contributed by atoms with Gasteiger partial charge in [-0.1, -0.05) is 6.92 Å². The van der Waals surface area contributed by atoms with Crippen molar-refractivity contribution in [2.45, 2.75) is 45.1 Å². The number of nitrogens with one attached hydrogen (secondary N) is 1. The lowest BCUT2D eigenvalue weighted by atomic mass is 9.86. The molecule has 2 N–H and O–H groups in total. The van der Waals surface area contributed by atoms with Crippen LogP contribution in [0.15, 0.2) is 0 Å². The number of urea groups is 1. The molecule has 1 aliphatic heterocycles. The molecule has 2 aliphatic rings. The zero-order chi connectivity index (χ0) is 17.0. The van der Waals surface area contributed by atoms with Crippen LogP contribution in [0.4, 0.5) is 4.79 Å². The van der Waals surface area contributed by atoms with Gasteiger partial charge in [-0.25, -0.2) is 4.79 Å². The standard InChI is InChI=1S/C16H26N2O5/c1-10-9-18(8-7-13(10)15(21)23-2)16(22)17-12-5-3-11(4-6-12)14(19)20/h10-13H,3-9H2,1-2H3,(H,17,22)(H,19,20). The maximum Gasteiger partial charge on any atom is 0.317 e. The zero-order valence-electron chi connectivity index (χ0n) is 13.8. The Morgan fingerprint density at radius 1 is 1.13 bits per heavy atom. The molecule has 1 saturated carbocycles. The first-order valence-electron chi connectivity index (χ1n) is 8.28. The van der Waals surface area contributed by atoms with Crippen LogP contribution < -0.4 is 5.32 Å². The van der Waals surface area contributed by atoms with Gasteiger partial charge in [-0.05, 0) is 38.0 Å². The summed E-state index contributed by atoms with van der Waals surface area (Å²) in [5, 5.41) is 12.0. The molecule has 2 atom stereocenters. The van der Waals surface area contributed by atoms with Crippen LogP contribution in [-0.2, 0) is 14.3 Å². The van der Waals surface area contributed by atoms with Crippen LogP contribution in [0.25, 0.3) is 0 Å². The number of carbonyl (C=O) groups excluding carboxylic acids is 2. The molecule has 2 rings (SSSR count). The monoisotopic (exact) mass is 326 g/mol. The van der Waals surface area contributed by atoms with E-state index in [4.69, 9.17) is 9.84 Å². The summed E-state index contributed by atoms with van der Waals surface area (Å²) in [5.74, 6) is -1.29. The van der Waals surface area contributed by atoms with E-state index in [1.807, 2.05) is 6.92 Å². The number of ether oxygens (including phenoxy) is 1. The molecule has 0 aromatic heterocycles. The van der Waals surface area contributed by atoms with Crippen LogP contribution in [0.1, 0.15) is 39.0 Å². The molecule has 2 fully saturated rings. The summed E-state index contributed by atoms with van der Waals surface area (Å²) in [6.07, 6.45) is 3.25. The van der Waals surface area contributed by atoms with Gasteiger partial charge in [0.1, 0.15) is 0 Å². The molecular formula is C16H26N2O5. The fraction of sp³-hybridized carbons (Fsp3) is 0.812. The van der Waals surface area contributed by atoms with Crippen molar-refractivity contribution >= 4 is 18.0 Å². The van der Waals surface area contributed by atoms with E-state index in [0.717, 1.165) is 0 Å². The van der Waals surface area contributed by atoms with Crippen LogP contribution in [0.2, 0.25) is 0 Å². The Kier molecular flexibility index (Phi) is 5.85. The lowest BCUT2D eigenvalue weighted by Crippen LogP contribution is -2.51. The number of carbonyl (C=O) groups is 3. The van der Waals surface area contributed by atoms with Gasteiger partial charge in [-0.2, -0.15) is 0 Å². The van der Waals surface area contributed by atoms with E-state index in [1.165, 1.54) is 7.11 Å². The molecule has 2 unspecified atom stereocenters. The summed E-state index contributed by atoms with van der Waals surface area (Å²) in [5.41, 5.74) is 0. The highest BCUT2D eigenvalue weighted by Gasteiger charge is 2.34. The van der Waals surface area contributed by atoms with E-state index in [9.17, 15) is 14.4 Å². The number of aliphatic carboxylic acids is 1. The number of likely N-dealkylation sites (tertiary alicyclic amines) is 1. The molecule has 0 radical (unpaired) electrons. The summed E-state index contributed by atoms with van der Waals surface area (Å²) >= 11 is 0. The molecule has 7 nitrogen and oxygen atoms in total. The Labute approximate surface area is 136 Å². The third kappa shape index (κ3) is 4.36. The molecule has 0 aromatic rings. The van der Waals surface area contributed by atoms with Crippen LogP contribution in [0.3, 0.4) is 0 Å². The summed E-state index contributed by atoms with van der Waals surface area (Å²) in [7, 11) is 1.39. The van der Waals surface area contributed by atoms with E-state index in [0.29, 0.717) is 45.2 Å². The van der Waals surface area contributed by atoms with Crippen LogP contribution in [0, 0.1) is 17.8 Å². The Hall–Kier alpha value is -1.79. The number of nitrogens with zero attached hydrogens (tertiary/aromatic N) is 1. The number of methoxy groups -OCH3 is 1. The maximum absolute atomic E-state index is 12.4. The topological polar surface area (TPSA) is 95.9 Å². The van der Waals surface area contributed by atoms with Gasteiger partial charge in [0.2, 0.25) is 0 Å². The molecule has 1 aliphatic carbocycles. The number of hydrogen-bond donors (Lipinski definition) is 2. The highest BCUT2D eigenvalue weighted by atomic mass is 16.5. The first-order valence-corrected chi connectivity index (χ1v) is 8.28. The third-order valence-corrected chi connectivity index (χ3v) is 5.10. The van der Waals surface area contributed by atoms with Crippen molar-refractivity contribution in [2.75, 3.05) is 20.2 Å². The number of piperidine rings is 1. The first-order chi connectivity index (χ1) is 10.9. The second-order valence-corrected chi connectivity index (χ2v) is 6.68. The fourth-order valence-corrected chi connectivity index (χ4v) is 3.58. The average molecular weight is 326 g/mol. The third-order valence-electron chi connectivity index (χ3n) is 5.10. The second kappa shape index (κ2) is 7.66. The Balaban J connectivity index is 1.79. The molecule has 23 heavy (non-hydrogen) atoms. The molecule has 2 amide bonds. The lowest BCUT2D eigenvalue weighted by Gasteiger charge is -2.37. The van der Waals surface area contributed by atoms with E-state index in [-0.39, 0.29) is 35.8 Å². The molecule has 7 heteroatoms. The largest absolute Gasteiger partial charge is 0.481 e. The van der Waals surface area contributed by atoms with Gasteiger partial charge < -0.3 is 20.1 Å². The zero-order valence-corrected chi connectivity index (χ0v) is 13.8. The number of carboxylic acid groups (broad SMARTS) is 1. The van der Waals surface area contributed by atoms with Gasteiger partial charge in [0, 0.05) is 19.1 Å². The highest BCUT2D eigenvalue weighted by Crippen LogP contribution is 2.26. The average Bonchev–Trinajstić information content (AvgIpc) is 2.54. The normalized spacial score (nSPS) is 31.3. The minimum absolute atomic E-state index is 0.0479. The molecule has 130 valence electrons. The molecular weight excluding hydrogens is 300 g/mol. The lowest BCUT2D eigenvalue weighted by molar-refractivity contribution is -0.149. The Bertz CT molecular complexity index is 459. The summed E-state index contributed by atoms with van der Waals surface area (Å²) in [6, 6.07) is -0.0642. The molecule has 0 aromatic carbocycles. The molecule has 1 saturated heterocycles. The summed E-state index contributed by atoms with van der Waals surface area (Å²) in [4.78, 5) is 36.7. The summed E-state index contributed by atoms with van der Waals surface area (Å²) < 4.78 is 4.80. The summed E-state index contributed by atoms with van der Waals surface area (Å²) in [6.45, 7) is 3.04. The number of rotatable bonds is 3. The van der Waals surface area contributed by atoms with E-state index >= 15 is 0 Å². The van der Waals surface area contributed by atoms with Gasteiger partial charge in [0.25, 0.3) is 0 Å². The van der Waals surface area contributed by atoms with Gasteiger partial charge in [0.05, 0.1) is 18.9 Å². The number of carboxylic acids is 1. The Morgan fingerprint density at radius 2 is 1.78 bits per heavy atom. The van der Waals surface area contributed by atoms with Gasteiger partial charge >= 0.3 is 18.0 Å². The Morgan fingerprint density at radius 3 is 2.30 bits per heavy atom. The van der Waals surface area contributed by atoms with Crippen LogP contribution in [0.5, 0.6) is 0 Å². The smallest absolute Gasteiger partial charge is 0.317 e. The van der Waals surface area contributed by atoms with Crippen molar-refractivity contribution in [3.63, 3.8) is 0 Å². The van der Waals surface area contributed by atoms with Crippen molar-refractivity contribution in [2.24, 2.45) is 17.8 Å². The predicted molar refractivity (Wildman–Crippen MR) is 82.8 cm³/mol. The molecule has 0 bridgehead atoms. The number of amides is 2. The van der Waals surface area contributed by atoms with Crippen molar-refractivity contribution in [1.29, 1.82) is 0 Å². The molecule has 1 heterocycles.